The number of benzene rings is 2. The van der Waals surface area contributed by atoms with E-state index in [9.17, 15) is 13.2 Å². The Morgan fingerprint density at radius 2 is 1.70 bits per heavy atom. The minimum atomic E-state index is -4.06. The summed E-state index contributed by atoms with van der Waals surface area (Å²) in [6.45, 7) is 4.07. The van der Waals surface area contributed by atoms with Crippen molar-refractivity contribution in [2.24, 2.45) is 11.3 Å². The van der Waals surface area contributed by atoms with Crippen LogP contribution in [0.4, 0.5) is 5.82 Å². The van der Waals surface area contributed by atoms with Crippen molar-refractivity contribution in [2.45, 2.75) is 38.0 Å². The zero-order valence-electron chi connectivity index (χ0n) is 23.9. The fourth-order valence-corrected chi connectivity index (χ4v) is 5.55. The van der Waals surface area contributed by atoms with E-state index in [1.54, 1.807) is 19.9 Å². The number of ether oxygens (including phenoxy) is 3. The second kappa shape index (κ2) is 12.7. The Hall–Kier alpha value is -4.68. The average Bonchev–Trinajstić information content (AvgIpc) is 3.49. The van der Waals surface area contributed by atoms with Gasteiger partial charge in [0, 0.05) is 23.2 Å². The standard InChI is InChI=1S/C31H33N5O6S/c1-31(2,30(37)36-43(38,39)24-13-15-28(35-32)33-19-24)16-3-4-17-40-29-7-5-6-25(34-29)22-10-8-21(9-11-22)23-12-14-26-27(18-23)42-20-41-26/h5-15,18-19H,3-4,16-17,20,32H2,1-2H3,(H,33,35)(H,36,37). The zero-order chi connectivity index (χ0) is 30.5. The summed E-state index contributed by atoms with van der Waals surface area (Å²) in [4.78, 5) is 21.2. The molecule has 3 heterocycles. The van der Waals surface area contributed by atoms with E-state index >= 15 is 0 Å². The second-order valence-electron chi connectivity index (χ2n) is 10.7. The van der Waals surface area contributed by atoms with E-state index in [1.807, 2.05) is 54.6 Å². The van der Waals surface area contributed by atoms with Crippen LogP contribution in [0.25, 0.3) is 22.4 Å². The fraction of sp³-hybridized carbons (Fsp3) is 0.258. The van der Waals surface area contributed by atoms with E-state index in [-0.39, 0.29) is 11.7 Å². The van der Waals surface area contributed by atoms with Gasteiger partial charge in [0.1, 0.15) is 10.7 Å². The summed E-state index contributed by atoms with van der Waals surface area (Å²) in [6, 6.07) is 22.4. The lowest BCUT2D eigenvalue weighted by Crippen LogP contribution is -2.40. The van der Waals surface area contributed by atoms with Crippen molar-refractivity contribution in [1.82, 2.24) is 14.7 Å². The van der Waals surface area contributed by atoms with Crippen LogP contribution in [0.5, 0.6) is 17.4 Å². The molecule has 0 fully saturated rings. The summed E-state index contributed by atoms with van der Waals surface area (Å²) in [6.07, 6.45) is 2.92. The van der Waals surface area contributed by atoms with Crippen molar-refractivity contribution in [3.8, 4) is 39.8 Å². The first kappa shape index (κ1) is 29.8. The summed E-state index contributed by atoms with van der Waals surface area (Å²) >= 11 is 0. The van der Waals surface area contributed by atoms with E-state index in [2.05, 4.69) is 20.1 Å². The molecule has 0 saturated carbocycles. The van der Waals surface area contributed by atoms with Crippen LogP contribution in [-0.2, 0) is 14.8 Å². The van der Waals surface area contributed by atoms with E-state index in [0.717, 1.165) is 40.1 Å². The van der Waals surface area contributed by atoms with Crippen LogP contribution < -0.4 is 30.2 Å². The van der Waals surface area contributed by atoms with Crippen molar-refractivity contribution in [3.63, 3.8) is 0 Å². The molecule has 0 radical (unpaired) electrons. The molecule has 12 heteroatoms. The van der Waals surface area contributed by atoms with Gasteiger partial charge >= 0.3 is 0 Å². The van der Waals surface area contributed by atoms with Crippen molar-refractivity contribution in [3.05, 3.63) is 79.0 Å². The lowest BCUT2D eigenvalue weighted by atomic mass is 9.86. The zero-order valence-corrected chi connectivity index (χ0v) is 24.7. The third-order valence-electron chi connectivity index (χ3n) is 7.09. The number of hydrazine groups is 1. The Balaban J connectivity index is 1.10. The van der Waals surface area contributed by atoms with Crippen LogP contribution in [0.15, 0.2) is 83.9 Å². The summed E-state index contributed by atoms with van der Waals surface area (Å²) in [5, 5.41) is 0. The van der Waals surface area contributed by atoms with Gasteiger partial charge in [0.05, 0.1) is 12.3 Å². The molecule has 0 spiro atoms. The minimum absolute atomic E-state index is 0.126. The predicted molar refractivity (Wildman–Crippen MR) is 162 cm³/mol. The van der Waals surface area contributed by atoms with Gasteiger partial charge in [0.2, 0.25) is 18.6 Å². The third-order valence-corrected chi connectivity index (χ3v) is 8.41. The molecule has 11 nitrogen and oxygen atoms in total. The fourth-order valence-electron chi connectivity index (χ4n) is 4.47. The van der Waals surface area contributed by atoms with Crippen molar-refractivity contribution in [1.29, 1.82) is 0 Å². The van der Waals surface area contributed by atoms with Gasteiger partial charge in [0.15, 0.2) is 11.5 Å². The van der Waals surface area contributed by atoms with E-state index < -0.39 is 21.3 Å². The predicted octanol–water partition coefficient (Wildman–Crippen LogP) is 4.91. The number of aromatic nitrogens is 2. The lowest BCUT2D eigenvalue weighted by Gasteiger charge is -2.23. The number of sulfonamides is 1. The molecule has 2 aromatic carbocycles. The highest BCUT2D eigenvalue weighted by Crippen LogP contribution is 2.36. The van der Waals surface area contributed by atoms with E-state index in [0.29, 0.717) is 37.6 Å². The van der Waals surface area contributed by atoms with Crippen molar-refractivity contribution in [2.75, 3.05) is 18.8 Å². The first-order valence-corrected chi connectivity index (χ1v) is 15.2. The summed E-state index contributed by atoms with van der Waals surface area (Å²) < 4.78 is 44.1. The number of nitrogen functional groups attached to an aromatic ring is 1. The number of fused-ring (bicyclic) bond motifs is 1. The van der Waals surface area contributed by atoms with Crippen LogP contribution in [0.1, 0.15) is 33.1 Å². The Bertz CT molecular complexity index is 1690. The van der Waals surface area contributed by atoms with Gasteiger partial charge < -0.3 is 19.6 Å². The molecule has 5 rings (SSSR count). The van der Waals surface area contributed by atoms with Crippen molar-refractivity contribution < 1.29 is 27.4 Å². The molecular formula is C31H33N5O6S. The SMILES string of the molecule is CC(C)(CCCCOc1cccc(-c2ccc(-c3ccc4c(c3)OCO4)cc2)n1)C(=O)NS(=O)(=O)c1ccc(NN)nc1. The normalized spacial score (nSPS) is 12.5. The van der Waals surface area contributed by atoms with Crippen LogP contribution >= 0.6 is 0 Å². The van der Waals surface area contributed by atoms with Gasteiger partial charge in [-0.2, -0.15) is 0 Å². The number of anilines is 1. The average molecular weight is 604 g/mol. The van der Waals surface area contributed by atoms with E-state index in [1.165, 1.54) is 12.1 Å². The van der Waals surface area contributed by atoms with Gasteiger partial charge in [-0.3, -0.25) is 4.79 Å². The smallest absolute Gasteiger partial charge is 0.265 e. The highest BCUT2D eigenvalue weighted by molar-refractivity contribution is 7.90. The Labute approximate surface area is 250 Å². The van der Waals surface area contributed by atoms with Crippen molar-refractivity contribution >= 4 is 21.7 Å². The number of nitrogens with one attached hydrogen (secondary N) is 2. The van der Waals surface area contributed by atoms with Gasteiger partial charge in [-0.15, -0.1) is 0 Å². The number of carbonyl (C=O) groups excluding carboxylic acids is 1. The quantitative estimate of drug-likeness (QED) is 0.116. The number of hydrogen-bond donors (Lipinski definition) is 3. The highest BCUT2D eigenvalue weighted by Gasteiger charge is 2.31. The molecule has 4 aromatic rings. The number of unbranched alkanes of at least 4 members (excludes halogenated alkanes) is 1. The number of pyridine rings is 2. The molecule has 224 valence electrons. The number of carbonyl (C=O) groups is 1. The molecule has 0 atom stereocenters. The second-order valence-corrected chi connectivity index (χ2v) is 12.3. The summed E-state index contributed by atoms with van der Waals surface area (Å²) in [5.41, 5.74) is 5.25. The number of rotatable bonds is 12. The molecule has 4 N–H and O–H groups in total. The van der Waals surface area contributed by atoms with Gasteiger partial charge in [0.25, 0.3) is 10.0 Å². The lowest BCUT2D eigenvalue weighted by molar-refractivity contribution is -0.127. The maximum atomic E-state index is 12.8. The number of nitrogens with two attached hydrogens (primary N) is 1. The number of amides is 1. The Morgan fingerprint density at radius 1 is 0.953 bits per heavy atom. The third kappa shape index (κ3) is 7.22. The largest absolute Gasteiger partial charge is 0.478 e. The Morgan fingerprint density at radius 3 is 2.44 bits per heavy atom. The summed E-state index contributed by atoms with van der Waals surface area (Å²) in [7, 11) is -4.06. The maximum Gasteiger partial charge on any atom is 0.265 e. The Kier molecular flexibility index (Phi) is 8.78. The van der Waals surface area contributed by atoms with Crippen LogP contribution in [-0.4, -0.2) is 37.7 Å². The first-order valence-electron chi connectivity index (χ1n) is 13.7. The molecule has 1 amide bonds. The number of hydrogen-bond acceptors (Lipinski definition) is 10. The molecule has 0 saturated heterocycles. The maximum absolute atomic E-state index is 12.8. The minimum Gasteiger partial charge on any atom is -0.478 e. The van der Waals surface area contributed by atoms with Crippen LogP contribution in [0.2, 0.25) is 0 Å². The molecule has 1 aliphatic heterocycles. The monoisotopic (exact) mass is 603 g/mol. The summed E-state index contributed by atoms with van der Waals surface area (Å²) in [5.74, 6) is 6.98. The first-order chi connectivity index (χ1) is 20.6. The topological polar surface area (TPSA) is 155 Å². The molecule has 0 aliphatic carbocycles. The number of nitrogens with zero attached hydrogens (tertiary/aromatic N) is 2. The van der Waals surface area contributed by atoms with Crippen LogP contribution in [0, 0.1) is 5.41 Å². The van der Waals surface area contributed by atoms with E-state index in [4.69, 9.17) is 20.1 Å². The molecule has 43 heavy (non-hydrogen) atoms. The van der Waals surface area contributed by atoms with Gasteiger partial charge in [-0.25, -0.2) is 29.0 Å². The molecule has 0 bridgehead atoms. The molecular weight excluding hydrogens is 570 g/mol. The molecule has 0 unspecified atom stereocenters. The van der Waals surface area contributed by atoms with Crippen LogP contribution in [0.3, 0.4) is 0 Å². The van der Waals surface area contributed by atoms with Gasteiger partial charge in [-0.05, 0) is 60.7 Å². The van der Waals surface area contributed by atoms with Gasteiger partial charge in [-0.1, -0.05) is 50.2 Å². The molecule has 2 aromatic heterocycles. The highest BCUT2D eigenvalue weighted by atomic mass is 32.2. The molecule has 1 aliphatic rings.